The minimum Gasteiger partial charge on any atom is -0.440 e. The highest BCUT2D eigenvalue weighted by molar-refractivity contribution is 5.80. The van der Waals surface area contributed by atoms with Crippen LogP contribution in [0.25, 0.3) is 0 Å². The van der Waals surface area contributed by atoms with Crippen molar-refractivity contribution in [1.29, 1.82) is 0 Å². The zero-order valence-corrected chi connectivity index (χ0v) is 14.7. The minimum atomic E-state index is -0.655. The molecule has 1 atom stereocenters. The number of rotatable bonds is 9. The second kappa shape index (κ2) is 9.64. The lowest BCUT2D eigenvalue weighted by molar-refractivity contribution is -0.121. The van der Waals surface area contributed by atoms with Gasteiger partial charge in [0, 0.05) is 25.6 Å². The Balaban J connectivity index is 1.77. The summed E-state index contributed by atoms with van der Waals surface area (Å²) in [5, 5.41) is 13.9. The number of hydrogen-bond donors (Lipinski definition) is 2. The fourth-order valence-electron chi connectivity index (χ4n) is 2.45. The Bertz CT molecular complexity index is 678. The van der Waals surface area contributed by atoms with Crippen LogP contribution in [-0.4, -0.2) is 30.3 Å². The third-order valence-corrected chi connectivity index (χ3v) is 3.90. The molecule has 0 bridgehead atoms. The summed E-state index contributed by atoms with van der Waals surface area (Å²) < 4.78 is 5.65. The van der Waals surface area contributed by atoms with E-state index in [2.05, 4.69) is 29.3 Å². The van der Waals surface area contributed by atoms with Crippen LogP contribution in [0.3, 0.4) is 0 Å². The van der Waals surface area contributed by atoms with Gasteiger partial charge >= 0.3 is 0 Å². The summed E-state index contributed by atoms with van der Waals surface area (Å²) in [4.78, 5) is 13.9. The molecular formula is C19H25N3O3. The van der Waals surface area contributed by atoms with E-state index in [1.54, 1.807) is 0 Å². The zero-order chi connectivity index (χ0) is 18.1. The first-order chi connectivity index (χ1) is 12.1. The minimum absolute atomic E-state index is 0.191. The molecular weight excluding hydrogens is 318 g/mol. The Morgan fingerprint density at radius 1 is 1.24 bits per heavy atom. The van der Waals surface area contributed by atoms with Crippen molar-refractivity contribution in [2.45, 2.75) is 32.8 Å². The van der Waals surface area contributed by atoms with E-state index in [-0.39, 0.29) is 12.3 Å². The van der Waals surface area contributed by atoms with E-state index in [4.69, 9.17) is 4.42 Å². The molecule has 6 nitrogen and oxygen atoms in total. The molecule has 2 rings (SSSR count). The number of aliphatic hydroxyl groups excluding tert-OH is 1. The van der Waals surface area contributed by atoms with Crippen molar-refractivity contribution in [3.8, 4) is 0 Å². The average Bonchev–Trinajstić information content (AvgIpc) is 3.10. The third-order valence-electron chi connectivity index (χ3n) is 3.90. The number of anilines is 1. The molecule has 6 heteroatoms. The number of carbonyl (C=O) groups is 1. The van der Waals surface area contributed by atoms with Crippen LogP contribution in [0, 0.1) is 0 Å². The molecule has 0 fully saturated rings. The molecule has 0 aliphatic heterocycles. The van der Waals surface area contributed by atoms with Crippen LogP contribution in [0.2, 0.25) is 0 Å². The van der Waals surface area contributed by atoms with E-state index < -0.39 is 6.10 Å². The van der Waals surface area contributed by atoms with Crippen molar-refractivity contribution in [1.82, 2.24) is 5.43 Å². The molecule has 0 saturated heterocycles. The molecule has 0 aliphatic carbocycles. The van der Waals surface area contributed by atoms with Crippen LogP contribution in [0.4, 0.5) is 5.88 Å². The maximum atomic E-state index is 11.8. The summed E-state index contributed by atoms with van der Waals surface area (Å²) in [5.41, 5.74) is 3.25. The lowest BCUT2D eigenvalue weighted by atomic mass is 10.1. The van der Waals surface area contributed by atoms with E-state index in [9.17, 15) is 9.90 Å². The topological polar surface area (TPSA) is 78.1 Å². The normalized spacial score (nSPS) is 12.3. The number of furan rings is 1. The van der Waals surface area contributed by atoms with Crippen LogP contribution >= 0.6 is 0 Å². The van der Waals surface area contributed by atoms with Gasteiger partial charge in [0.2, 0.25) is 5.91 Å². The first-order valence-electron chi connectivity index (χ1n) is 8.53. The number of aliphatic hydroxyl groups is 1. The van der Waals surface area contributed by atoms with Crippen LogP contribution in [0.1, 0.15) is 44.1 Å². The van der Waals surface area contributed by atoms with Gasteiger partial charge in [-0.05, 0) is 31.9 Å². The monoisotopic (exact) mass is 343 g/mol. The summed E-state index contributed by atoms with van der Waals surface area (Å²) >= 11 is 0. The SMILES string of the molecule is CCN(CC)c1ccc(/C=N\NC(=O)CC[C@H](O)c2ccccc2)o1. The van der Waals surface area contributed by atoms with Gasteiger partial charge in [0.25, 0.3) is 0 Å². The highest BCUT2D eigenvalue weighted by Crippen LogP contribution is 2.18. The summed E-state index contributed by atoms with van der Waals surface area (Å²) in [6.07, 6.45) is 1.35. The summed E-state index contributed by atoms with van der Waals surface area (Å²) in [5.74, 6) is 1.11. The standard InChI is InChI=1S/C19H25N3O3/c1-3-22(4-2)19-13-10-16(25-19)14-20-21-18(24)12-11-17(23)15-8-6-5-7-9-15/h5-10,13-14,17,23H,3-4,11-12H2,1-2H3,(H,21,24)/b20-14-/t17-/m0/s1. The van der Waals surface area contributed by atoms with Crippen molar-refractivity contribution in [3.63, 3.8) is 0 Å². The Kier molecular flexibility index (Phi) is 7.22. The number of hydrazone groups is 1. The lowest BCUT2D eigenvalue weighted by Gasteiger charge is -2.16. The fraction of sp³-hybridized carbons (Fsp3) is 0.368. The maximum Gasteiger partial charge on any atom is 0.240 e. The number of benzene rings is 1. The summed E-state index contributed by atoms with van der Waals surface area (Å²) in [6, 6.07) is 13.0. The van der Waals surface area contributed by atoms with Gasteiger partial charge in [0.1, 0.15) is 5.76 Å². The molecule has 2 N–H and O–H groups in total. The van der Waals surface area contributed by atoms with Crippen molar-refractivity contribution < 1.29 is 14.3 Å². The highest BCUT2D eigenvalue weighted by atomic mass is 16.4. The molecule has 1 aromatic heterocycles. The van der Waals surface area contributed by atoms with Crippen molar-refractivity contribution >= 4 is 18.0 Å². The van der Waals surface area contributed by atoms with Crippen LogP contribution in [0.15, 0.2) is 52.0 Å². The number of amides is 1. The Morgan fingerprint density at radius 2 is 1.96 bits per heavy atom. The predicted octanol–water partition coefficient (Wildman–Crippen LogP) is 3.09. The Hall–Kier alpha value is -2.60. The smallest absolute Gasteiger partial charge is 0.240 e. The van der Waals surface area contributed by atoms with Gasteiger partial charge in [-0.3, -0.25) is 4.79 Å². The van der Waals surface area contributed by atoms with E-state index in [0.717, 1.165) is 24.5 Å². The number of nitrogens with zero attached hydrogens (tertiary/aromatic N) is 2. The third kappa shape index (κ3) is 5.76. The highest BCUT2D eigenvalue weighted by Gasteiger charge is 2.10. The lowest BCUT2D eigenvalue weighted by Crippen LogP contribution is -2.20. The average molecular weight is 343 g/mol. The van der Waals surface area contributed by atoms with Crippen LogP contribution in [-0.2, 0) is 4.79 Å². The van der Waals surface area contributed by atoms with Gasteiger partial charge < -0.3 is 14.4 Å². The molecule has 1 amide bonds. The molecule has 1 aromatic carbocycles. The fourth-order valence-corrected chi connectivity index (χ4v) is 2.45. The number of carbonyl (C=O) groups excluding carboxylic acids is 1. The molecule has 0 radical (unpaired) electrons. The Labute approximate surface area is 148 Å². The molecule has 0 saturated carbocycles. The zero-order valence-electron chi connectivity index (χ0n) is 14.7. The summed E-state index contributed by atoms with van der Waals surface area (Å²) in [7, 11) is 0. The van der Waals surface area contributed by atoms with Crippen LogP contribution < -0.4 is 10.3 Å². The second-order valence-electron chi connectivity index (χ2n) is 5.61. The molecule has 0 aliphatic rings. The molecule has 0 unspecified atom stereocenters. The second-order valence-corrected chi connectivity index (χ2v) is 5.61. The van der Waals surface area contributed by atoms with Crippen LogP contribution in [0.5, 0.6) is 0 Å². The van der Waals surface area contributed by atoms with E-state index in [1.165, 1.54) is 6.21 Å². The molecule has 0 spiro atoms. The largest absolute Gasteiger partial charge is 0.440 e. The van der Waals surface area contributed by atoms with Crippen molar-refractivity contribution in [2.75, 3.05) is 18.0 Å². The maximum absolute atomic E-state index is 11.8. The first kappa shape index (κ1) is 18.7. The number of nitrogens with one attached hydrogen (secondary N) is 1. The van der Waals surface area contributed by atoms with Gasteiger partial charge in [-0.15, -0.1) is 0 Å². The van der Waals surface area contributed by atoms with Crippen molar-refractivity contribution in [3.05, 3.63) is 53.8 Å². The first-order valence-corrected chi connectivity index (χ1v) is 8.53. The van der Waals surface area contributed by atoms with Gasteiger partial charge in [0.15, 0.2) is 5.88 Å². The van der Waals surface area contributed by atoms with E-state index in [1.807, 2.05) is 42.5 Å². The van der Waals surface area contributed by atoms with Crippen molar-refractivity contribution in [2.24, 2.45) is 5.10 Å². The predicted molar refractivity (Wildman–Crippen MR) is 98.6 cm³/mol. The van der Waals surface area contributed by atoms with Gasteiger partial charge in [0.05, 0.1) is 12.3 Å². The quantitative estimate of drug-likeness (QED) is 0.542. The van der Waals surface area contributed by atoms with E-state index >= 15 is 0 Å². The molecule has 1 heterocycles. The van der Waals surface area contributed by atoms with E-state index in [0.29, 0.717) is 12.2 Å². The van der Waals surface area contributed by atoms with Gasteiger partial charge in [-0.2, -0.15) is 5.10 Å². The summed E-state index contributed by atoms with van der Waals surface area (Å²) in [6.45, 7) is 5.84. The Morgan fingerprint density at radius 3 is 2.64 bits per heavy atom. The van der Waals surface area contributed by atoms with Gasteiger partial charge in [-0.25, -0.2) is 5.43 Å². The molecule has 2 aromatic rings. The number of hydrogen-bond acceptors (Lipinski definition) is 5. The van der Waals surface area contributed by atoms with Gasteiger partial charge in [-0.1, -0.05) is 30.3 Å². The molecule has 25 heavy (non-hydrogen) atoms. The molecule has 134 valence electrons.